The van der Waals surface area contributed by atoms with Crippen molar-refractivity contribution in [2.75, 3.05) is 6.61 Å². The van der Waals surface area contributed by atoms with Gasteiger partial charge in [0, 0.05) is 0 Å². The van der Waals surface area contributed by atoms with E-state index in [0.717, 1.165) is 51.6 Å². The van der Waals surface area contributed by atoms with Crippen LogP contribution < -0.4 is 0 Å². The van der Waals surface area contributed by atoms with Crippen LogP contribution in [0.15, 0.2) is 0 Å². The molecule has 0 aromatic rings. The quantitative estimate of drug-likeness (QED) is 0.395. The molecule has 5 heteroatoms. The van der Waals surface area contributed by atoms with Crippen LogP contribution in [0.2, 0.25) is 0 Å². The number of hydrogen-bond donors (Lipinski definition) is 0. The average Bonchev–Trinajstić information content (AvgIpc) is 2.93. The Kier molecular flexibility index (Phi) is 10.1. The second-order valence-corrected chi connectivity index (χ2v) is 7.19. The van der Waals surface area contributed by atoms with Gasteiger partial charge in [0.2, 0.25) is 0 Å². The van der Waals surface area contributed by atoms with Crippen molar-refractivity contribution < 1.29 is 12.2 Å². The van der Waals surface area contributed by atoms with Gasteiger partial charge < -0.3 is 0 Å². The molecule has 0 aromatic heterocycles. The van der Waals surface area contributed by atoms with E-state index < -0.39 is 0 Å². The second kappa shape index (κ2) is 11.0. The van der Waals surface area contributed by atoms with Crippen LogP contribution in [-0.2, 0) is 12.2 Å². The average molecular weight is 501 g/mol. The van der Waals surface area contributed by atoms with Gasteiger partial charge in [-0.1, -0.05) is 13.8 Å². The molecule has 0 saturated carbocycles. The van der Waals surface area contributed by atoms with E-state index in [9.17, 15) is 0 Å². The van der Waals surface area contributed by atoms with Crippen molar-refractivity contribution in [3.63, 3.8) is 0 Å². The minimum atomic E-state index is -0.0907. The van der Waals surface area contributed by atoms with Crippen LogP contribution in [0.1, 0.15) is 72.1 Å². The number of nitrogens with zero attached hydrogens (tertiary/aromatic N) is 1. The summed E-state index contributed by atoms with van der Waals surface area (Å²) in [5.41, 5.74) is -0.0907. The molecule has 2 aliphatic rings. The summed E-state index contributed by atoms with van der Waals surface area (Å²) in [5.74, 6) is 0. The van der Waals surface area contributed by atoms with Crippen LogP contribution in [0.25, 0.3) is 0 Å². The fourth-order valence-electron chi connectivity index (χ4n) is 3.55. The molecule has 22 heavy (non-hydrogen) atoms. The predicted molar refractivity (Wildman–Crippen MR) is 87.5 cm³/mol. The van der Waals surface area contributed by atoms with Crippen LogP contribution >= 0.6 is 0 Å². The number of ether oxygens (including phenoxy) is 2. The van der Waals surface area contributed by atoms with Gasteiger partial charge >= 0.3 is 133 Å². The Bertz CT molecular complexity index is 347. The number of nitriles is 1. The molecule has 0 spiro atoms. The minimum absolute atomic E-state index is 0.0907. The third-order valence-electron chi connectivity index (χ3n) is 4.63. The fourth-order valence-corrected chi connectivity index (χ4v) is 4.20. The van der Waals surface area contributed by atoms with E-state index in [1.807, 2.05) is 13.8 Å². The zero-order chi connectivity index (χ0) is 16.4. The van der Waals surface area contributed by atoms with Crippen molar-refractivity contribution in [3.8, 4) is 6.07 Å². The zero-order valence-corrected chi connectivity index (χ0v) is 18.8. The first-order valence-electron chi connectivity index (χ1n) is 8.76. The molecule has 0 radical (unpaired) electrons. The molecule has 2 rings (SSSR count). The molecule has 2 heterocycles. The Labute approximate surface area is 152 Å². The Morgan fingerprint density at radius 3 is 2.68 bits per heavy atom. The molecule has 2 saturated heterocycles. The van der Waals surface area contributed by atoms with E-state index in [2.05, 4.69) is 13.0 Å². The maximum absolute atomic E-state index is 8.73. The van der Waals surface area contributed by atoms with Gasteiger partial charge in [-0.2, -0.15) is 5.26 Å². The Morgan fingerprint density at radius 1 is 1.27 bits per heavy atom. The van der Waals surface area contributed by atoms with Crippen molar-refractivity contribution in [2.45, 2.75) is 96.1 Å². The molecule has 0 aliphatic carbocycles. The van der Waals surface area contributed by atoms with Gasteiger partial charge in [-0.15, -0.1) is 0 Å². The molecule has 4 nitrogen and oxygen atoms in total. The topological polar surface area (TPSA) is 51.5 Å². The van der Waals surface area contributed by atoms with E-state index in [0.29, 0.717) is 38.7 Å². The zero-order valence-electron chi connectivity index (χ0n) is 14.3. The van der Waals surface area contributed by atoms with Gasteiger partial charge in [0.25, 0.3) is 0 Å². The van der Waals surface area contributed by atoms with Gasteiger partial charge in [-0.05, 0) is 0 Å². The summed E-state index contributed by atoms with van der Waals surface area (Å²) in [5, 5.41) is 8.73. The summed E-state index contributed by atoms with van der Waals surface area (Å²) in [6, 6.07) is 2.23. The van der Waals surface area contributed by atoms with E-state index in [1.165, 1.54) is 0 Å². The summed E-state index contributed by atoms with van der Waals surface area (Å²) in [6.45, 7) is 7.08. The van der Waals surface area contributed by atoms with Crippen molar-refractivity contribution >= 4 is 26.2 Å². The molecule has 4 unspecified atom stereocenters. The van der Waals surface area contributed by atoms with Crippen molar-refractivity contribution in [3.05, 3.63) is 0 Å². The second-order valence-electron chi connectivity index (χ2n) is 5.90. The summed E-state index contributed by atoms with van der Waals surface area (Å²) < 4.78 is 17.9. The fraction of sp³-hybridized carbons (Fsp3) is 0.941. The molecule has 0 bridgehead atoms. The molecule has 0 aromatic carbocycles. The molecule has 0 N–H and O–H groups in total. The summed E-state index contributed by atoms with van der Waals surface area (Å²) in [6.07, 6.45) is 8.61. The van der Waals surface area contributed by atoms with Crippen LogP contribution in [0.3, 0.4) is 0 Å². The third kappa shape index (κ3) is 5.43. The van der Waals surface area contributed by atoms with Gasteiger partial charge in [0.05, 0.1) is 0 Å². The first-order valence-corrected chi connectivity index (χ1v) is 10.6. The van der Waals surface area contributed by atoms with Gasteiger partial charge in [-0.3, -0.25) is 0 Å². The normalized spacial score (nSPS) is 33.4. The first-order chi connectivity index (χ1) is 10.7. The van der Waals surface area contributed by atoms with Crippen LogP contribution in [-0.4, -0.2) is 56.7 Å². The number of rotatable bonds is 7. The molecule has 124 valence electrons. The summed E-state index contributed by atoms with van der Waals surface area (Å²) in [7, 11) is 0. The molecule has 2 fully saturated rings. The van der Waals surface area contributed by atoms with E-state index in [1.54, 1.807) is 0 Å². The maximum atomic E-state index is 8.73. The van der Waals surface area contributed by atoms with Crippen molar-refractivity contribution in [1.29, 1.82) is 5.26 Å². The molecule has 4 atom stereocenters. The van der Waals surface area contributed by atoms with Crippen molar-refractivity contribution in [2.24, 2.45) is 0 Å². The molecular weight excluding hydrogens is 471 g/mol. The number of hydrogen-bond acceptors (Lipinski definition) is 4. The Morgan fingerprint density at radius 2 is 2.05 bits per heavy atom. The predicted octanol–water partition coefficient (Wildman–Crippen LogP) is 3.68. The standard InChI is InChI=1S/C15H24NO3.C2H6.Tl/c1-2-15-11-13(6-4-10-17)18-14(15)8-7-12(19-15)5-3-9-16;1-2;/h12-14H,2-8,10-11H2,1H3;1-2H3;/q-1;;+1. The third-order valence-corrected chi connectivity index (χ3v) is 5.55. The van der Waals surface area contributed by atoms with E-state index >= 15 is 0 Å². The van der Waals surface area contributed by atoms with Gasteiger partial charge in [0.15, 0.2) is 0 Å². The Hall–Kier alpha value is 0.292. The summed E-state index contributed by atoms with van der Waals surface area (Å²) >= 11 is 0.637. The Balaban J connectivity index is 0.00000116. The van der Waals surface area contributed by atoms with Crippen LogP contribution in [0, 0.1) is 11.3 Å². The molecule has 2 aliphatic heterocycles. The van der Waals surface area contributed by atoms with E-state index in [4.69, 9.17) is 17.4 Å². The van der Waals surface area contributed by atoms with Crippen LogP contribution in [0.5, 0.6) is 0 Å². The monoisotopic (exact) mass is 501 g/mol. The molecule has 0 amide bonds. The summed E-state index contributed by atoms with van der Waals surface area (Å²) in [4.78, 5) is 0. The SMILES string of the molecule is CC.CCC12CC(CCC[O][Tl])OC1CCC(CCC#N)O2. The van der Waals surface area contributed by atoms with Crippen LogP contribution in [0.4, 0.5) is 0 Å². The molecular formula is C17H30NO3Tl. The van der Waals surface area contributed by atoms with E-state index in [-0.39, 0.29) is 17.8 Å². The van der Waals surface area contributed by atoms with Crippen molar-refractivity contribution in [1.82, 2.24) is 0 Å². The van der Waals surface area contributed by atoms with Gasteiger partial charge in [0.1, 0.15) is 0 Å². The number of fused-ring (bicyclic) bond motifs is 1. The van der Waals surface area contributed by atoms with Gasteiger partial charge in [-0.25, -0.2) is 0 Å². The first kappa shape index (κ1) is 20.3.